The van der Waals surface area contributed by atoms with Crippen molar-refractivity contribution in [3.05, 3.63) is 0 Å². The van der Waals surface area contributed by atoms with Gasteiger partial charge < -0.3 is 15.2 Å². The van der Waals surface area contributed by atoms with Crippen LogP contribution in [0.4, 0.5) is 0 Å². The first-order valence-electron chi connectivity index (χ1n) is 3.71. The summed E-state index contributed by atoms with van der Waals surface area (Å²) in [5, 5.41) is 11.7. The number of hydrogen-bond acceptors (Lipinski definition) is 4. The fourth-order valence-corrected chi connectivity index (χ4v) is 0.984. The number of carbonyl (C=O) groups is 2. The summed E-state index contributed by atoms with van der Waals surface area (Å²) < 4.78 is 4.93. The molecule has 0 aromatic heterocycles. The SMILES string of the molecule is CC(=O)[C@H](O)[C@H]1OCCNC1=O. The molecule has 0 bridgehead atoms. The Bertz CT molecular complexity index is 204. The van der Waals surface area contributed by atoms with Gasteiger partial charge in [0.25, 0.3) is 5.91 Å². The van der Waals surface area contributed by atoms with Gasteiger partial charge in [0.05, 0.1) is 6.61 Å². The van der Waals surface area contributed by atoms with E-state index >= 15 is 0 Å². The lowest BCUT2D eigenvalue weighted by Gasteiger charge is -2.24. The molecular weight excluding hydrogens is 162 g/mol. The predicted octanol–water partition coefficient (Wildman–Crippen LogP) is -1.55. The first kappa shape index (κ1) is 9.15. The van der Waals surface area contributed by atoms with E-state index in [0.29, 0.717) is 13.2 Å². The van der Waals surface area contributed by atoms with Gasteiger partial charge >= 0.3 is 0 Å². The van der Waals surface area contributed by atoms with Crippen molar-refractivity contribution in [2.75, 3.05) is 13.2 Å². The van der Waals surface area contributed by atoms with Crippen molar-refractivity contribution in [2.24, 2.45) is 0 Å². The number of ether oxygens (including phenoxy) is 1. The van der Waals surface area contributed by atoms with Crippen LogP contribution in [0.2, 0.25) is 0 Å². The van der Waals surface area contributed by atoms with Crippen LogP contribution in [0, 0.1) is 0 Å². The minimum Gasteiger partial charge on any atom is -0.382 e. The summed E-state index contributed by atoms with van der Waals surface area (Å²) in [5.74, 6) is -0.888. The zero-order chi connectivity index (χ0) is 9.14. The number of aliphatic hydroxyl groups excluding tert-OH is 1. The molecule has 5 nitrogen and oxygen atoms in total. The Morgan fingerprint density at radius 1 is 1.83 bits per heavy atom. The molecule has 2 atom stereocenters. The molecule has 5 heteroatoms. The van der Waals surface area contributed by atoms with E-state index in [1.807, 2.05) is 0 Å². The molecule has 0 spiro atoms. The van der Waals surface area contributed by atoms with Gasteiger partial charge in [0.1, 0.15) is 6.10 Å². The zero-order valence-corrected chi connectivity index (χ0v) is 6.74. The summed E-state index contributed by atoms with van der Waals surface area (Å²) >= 11 is 0. The molecule has 12 heavy (non-hydrogen) atoms. The van der Waals surface area contributed by atoms with Crippen LogP contribution in [0.1, 0.15) is 6.92 Å². The summed E-state index contributed by atoms with van der Waals surface area (Å²) in [6.07, 6.45) is -2.37. The van der Waals surface area contributed by atoms with Crippen LogP contribution in [0.15, 0.2) is 0 Å². The van der Waals surface area contributed by atoms with Gasteiger partial charge in [-0.05, 0) is 6.92 Å². The monoisotopic (exact) mass is 173 g/mol. The minimum absolute atomic E-state index is 0.334. The number of morpholine rings is 1. The molecular formula is C7H11NO4. The molecule has 0 aliphatic carbocycles. The number of carbonyl (C=O) groups excluding carboxylic acids is 2. The van der Waals surface area contributed by atoms with Crippen molar-refractivity contribution in [1.82, 2.24) is 5.32 Å². The largest absolute Gasteiger partial charge is 0.382 e. The van der Waals surface area contributed by atoms with Crippen molar-refractivity contribution in [3.8, 4) is 0 Å². The molecule has 1 amide bonds. The van der Waals surface area contributed by atoms with Gasteiger partial charge in [-0.1, -0.05) is 0 Å². The Morgan fingerprint density at radius 3 is 3.00 bits per heavy atom. The number of amides is 1. The first-order chi connectivity index (χ1) is 5.63. The van der Waals surface area contributed by atoms with Gasteiger partial charge in [-0.3, -0.25) is 9.59 Å². The van der Waals surface area contributed by atoms with Crippen molar-refractivity contribution < 1.29 is 19.4 Å². The minimum atomic E-state index is -1.34. The standard InChI is InChI=1S/C7H11NO4/c1-4(9)5(10)6-7(11)8-2-3-12-6/h5-6,10H,2-3H2,1H3,(H,8,11)/t5-,6+/m0/s1. The Kier molecular flexibility index (Phi) is 2.78. The van der Waals surface area contributed by atoms with Gasteiger partial charge in [0.2, 0.25) is 0 Å². The molecule has 2 N–H and O–H groups in total. The van der Waals surface area contributed by atoms with E-state index in [9.17, 15) is 14.7 Å². The fourth-order valence-electron chi connectivity index (χ4n) is 0.984. The van der Waals surface area contributed by atoms with Crippen LogP contribution in [0.5, 0.6) is 0 Å². The number of rotatable bonds is 2. The van der Waals surface area contributed by atoms with E-state index in [1.165, 1.54) is 6.92 Å². The lowest BCUT2D eigenvalue weighted by Crippen LogP contribution is -2.51. The van der Waals surface area contributed by atoms with E-state index in [4.69, 9.17) is 4.74 Å². The maximum absolute atomic E-state index is 11.0. The molecule has 1 saturated heterocycles. The van der Waals surface area contributed by atoms with E-state index in [0.717, 1.165) is 0 Å². The highest BCUT2D eigenvalue weighted by atomic mass is 16.5. The van der Waals surface area contributed by atoms with Crippen LogP contribution < -0.4 is 5.32 Å². The number of aliphatic hydroxyl groups is 1. The smallest absolute Gasteiger partial charge is 0.252 e. The second kappa shape index (κ2) is 3.64. The molecule has 0 aromatic rings. The molecule has 1 aliphatic heterocycles. The van der Waals surface area contributed by atoms with Crippen molar-refractivity contribution in [1.29, 1.82) is 0 Å². The van der Waals surface area contributed by atoms with E-state index < -0.39 is 23.9 Å². The average Bonchev–Trinajstić information content (AvgIpc) is 2.04. The van der Waals surface area contributed by atoms with Gasteiger partial charge in [-0.2, -0.15) is 0 Å². The molecule has 1 aliphatic rings. The highest BCUT2D eigenvalue weighted by Crippen LogP contribution is 2.04. The average molecular weight is 173 g/mol. The Labute approximate surface area is 69.7 Å². The first-order valence-corrected chi connectivity index (χ1v) is 3.71. The predicted molar refractivity (Wildman–Crippen MR) is 39.4 cm³/mol. The molecule has 0 saturated carbocycles. The summed E-state index contributed by atoms with van der Waals surface area (Å²) in [5.41, 5.74) is 0. The second-order valence-corrected chi connectivity index (χ2v) is 2.64. The van der Waals surface area contributed by atoms with E-state index in [2.05, 4.69) is 5.32 Å². The molecule has 68 valence electrons. The topological polar surface area (TPSA) is 75.6 Å². The molecule has 0 unspecified atom stereocenters. The van der Waals surface area contributed by atoms with Gasteiger partial charge in [0.15, 0.2) is 11.9 Å². The van der Waals surface area contributed by atoms with Crippen molar-refractivity contribution >= 4 is 11.7 Å². The molecule has 0 aromatic carbocycles. The third kappa shape index (κ3) is 1.80. The van der Waals surface area contributed by atoms with Crippen molar-refractivity contribution in [3.63, 3.8) is 0 Å². The summed E-state index contributed by atoms with van der Waals surface area (Å²) in [7, 11) is 0. The van der Waals surface area contributed by atoms with E-state index in [1.54, 1.807) is 0 Å². The molecule has 1 fully saturated rings. The third-order valence-corrected chi connectivity index (χ3v) is 1.66. The van der Waals surface area contributed by atoms with Crippen LogP contribution in [-0.2, 0) is 14.3 Å². The van der Waals surface area contributed by atoms with Gasteiger partial charge in [-0.25, -0.2) is 0 Å². The number of Topliss-reactive ketones (excluding diaryl/α,β-unsaturated/α-hetero) is 1. The van der Waals surface area contributed by atoms with E-state index in [-0.39, 0.29) is 0 Å². The number of ketones is 1. The molecule has 1 rings (SSSR count). The lowest BCUT2D eigenvalue weighted by molar-refractivity contribution is -0.153. The zero-order valence-electron chi connectivity index (χ0n) is 6.74. The van der Waals surface area contributed by atoms with Crippen LogP contribution in [0.25, 0.3) is 0 Å². The molecule has 0 radical (unpaired) electrons. The maximum Gasteiger partial charge on any atom is 0.252 e. The highest BCUT2D eigenvalue weighted by molar-refractivity contribution is 5.91. The third-order valence-electron chi connectivity index (χ3n) is 1.66. The van der Waals surface area contributed by atoms with Gasteiger partial charge in [0, 0.05) is 6.54 Å². The summed E-state index contributed by atoms with van der Waals surface area (Å²) in [6.45, 7) is 1.98. The number of nitrogens with one attached hydrogen (secondary N) is 1. The summed E-state index contributed by atoms with van der Waals surface area (Å²) in [6, 6.07) is 0. The van der Waals surface area contributed by atoms with Gasteiger partial charge in [-0.15, -0.1) is 0 Å². The molecule has 1 heterocycles. The number of hydrogen-bond donors (Lipinski definition) is 2. The Morgan fingerprint density at radius 2 is 2.50 bits per heavy atom. The lowest BCUT2D eigenvalue weighted by atomic mass is 10.1. The maximum atomic E-state index is 11.0. The van der Waals surface area contributed by atoms with Crippen LogP contribution >= 0.6 is 0 Å². The quantitative estimate of drug-likeness (QED) is 0.530. The highest BCUT2D eigenvalue weighted by Gasteiger charge is 2.32. The summed E-state index contributed by atoms with van der Waals surface area (Å²) in [4.78, 5) is 21.7. The Hall–Kier alpha value is -0.940. The normalized spacial score (nSPS) is 26.2. The fraction of sp³-hybridized carbons (Fsp3) is 0.714. The van der Waals surface area contributed by atoms with Crippen LogP contribution in [-0.4, -0.2) is 42.2 Å². The Balaban J connectivity index is 2.59. The van der Waals surface area contributed by atoms with Crippen molar-refractivity contribution in [2.45, 2.75) is 19.1 Å². The van der Waals surface area contributed by atoms with Crippen LogP contribution in [0.3, 0.4) is 0 Å². The second-order valence-electron chi connectivity index (χ2n) is 2.64.